The Morgan fingerprint density at radius 1 is 1.67 bits per heavy atom. The second-order valence-electron chi connectivity index (χ2n) is 3.85. The summed E-state index contributed by atoms with van der Waals surface area (Å²) in [6.45, 7) is 1.88. The summed E-state index contributed by atoms with van der Waals surface area (Å²) in [4.78, 5) is 15.3. The van der Waals surface area contributed by atoms with Gasteiger partial charge in [0.1, 0.15) is 0 Å². The number of amides is 1. The molecule has 0 aliphatic heterocycles. The quantitative estimate of drug-likeness (QED) is 0.708. The van der Waals surface area contributed by atoms with Crippen molar-refractivity contribution in [1.29, 1.82) is 0 Å². The largest absolute Gasteiger partial charge is 0.354 e. The highest BCUT2D eigenvalue weighted by Crippen LogP contribution is 2.28. The third-order valence-corrected chi connectivity index (χ3v) is 2.61. The average molecular weight is 208 g/mol. The van der Waals surface area contributed by atoms with Crippen molar-refractivity contribution < 1.29 is 4.79 Å². The molecule has 1 aromatic rings. The molecule has 1 amide bonds. The van der Waals surface area contributed by atoms with Gasteiger partial charge in [0.05, 0.1) is 12.0 Å². The zero-order valence-corrected chi connectivity index (χ0v) is 8.65. The minimum atomic E-state index is 0.185. The summed E-state index contributed by atoms with van der Waals surface area (Å²) in [5.41, 5.74) is 6.53. The van der Waals surface area contributed by atoms with E-state index in [9.17, 15) is 4.79 Å². The summed E-state index contributed by atoms with van der Waals surface area (Å²) < 4.78 is 1.97. The van der Waals surface area contributed by atoms with Crippen molar-refractivity contribution in [2.24, 2.45) is 11.7 Å². The maximum Gasteiger partial charge on any atom is 0.223 e. The monoisotopic (exact) mass is 208 g/mol. The number of imidazole rings is 1. The third kappa shape index (κ3) is 2.56. The fraction of sp³-hybridized carbons (Fsp3) is 0.600. The molecule has 3 N–H and O–H groups in total. The summed E-state index contributed by atoms with van der Waals surface area (Å²) in [7, 11) is 0. The van der Waals surface area contributed by atoms with Crippen LogP contribution >= 0.6 is 0 Å². The topological polar surface area (TPSA) is 72.9 Å². The van der Waals surface area contributed by atoms with Gasteiger partial charge in [0.25, 0.3) is 0 Å². The van der Waals surface area contributed by atoms with Gasteiger partial charge >= 0.3 is 0 Å². The molecule has 1 aromatic heterocycles. The van der Waals surface area contributed by atoms with Crippen molar-refractivity contribution in [2.75, 3.05) is 6.54 Å². The van der Waals surface area contributed by atoms with E-state index in [1.807, 2.05) is 4.57 Å². The first kappa shape index (κ1) is 10.2. The molecule has 0 unspecified atom stereocenters. The zero-order chi connectivity index (χ0) is 10.7. The lowest BCUT2D eigenvalue weighted by molar-refractivity contribution is -0.122. The molecule has 1 saturated carbocycles. The van der Waals surface area contributed by atoms with Crippen molar-refractivity contribution in [2.45, 2.75) is 25.9 Å². The lowest BCUT2D eigenvalue weighted by Gasteiger charge is -2.07. The summed E-state index contributed by atoms with van der Waals surface area (Å²) in [6, 6.07) is 0. The van der Waals surface area contributed by atoms with Gasteiger partial charge in [-0.1, -0.05) is 0 Å². The molecule has 0 saturated heterocycles. The van der Waals surface area contributed by atoms with Gasteiger partial charge in [-0.2, -0.15) is 0 Å². The van der Waals surface area contributed by atoms with Gasteiger partial charge in [0.15, 0.2) is 0 Å². The Balaban J connectivity index is 1.75. The van der Waals surface area contributed by atoms with Gasteiger partial charge in [-0.3, -0.25) is 4.79 Å². The van der Waals surface area contributed by atoms with Gasteiger partial charge < -0.3 is 15.6 Å². The minimum absolute atomic E-state index is 0.185. The predicted molar refractivity (Wildman–Crippen MR) is 55.9 cm³/mol. The number of carbonyl (C=O) groups excluding carboxylic acids is 1. The standard InChI is InChI=1S/C10H16N4O/c11-5-9-6-12-7-14(9)4-3-13-10(15)8-1-2-8/h6-8H,1-5,11H2,(H,13,15). The first-order chi connectivity index (χ1) is 7.31. The van der Waals surface area contributed by atoms with E-state index in [-0.39, 0.29) is 11.8 Å². The first-order valence-corrected chi connectivity index (χ1v) is 5.28. The van der Waals surface area contributed by atoms with Crippen molar-refractivity contribution in [3.05, 3.63) is 18.2 Å². The number of aromatic nitrogens is 2. The van der Waals surface area contributed by atoms with E-state index in [4.69, 9.17) is 5.73 Å². The summed E-state index contributed by atoms with van der Waals surface area (Å²) in [6.07, 6.45) is 5.59. The molecular formula is C10H16N4O. The number of hydrogen-bond donors (Lipinski definition) is 2. The minimum Gasteiger partial charge on any atom is -0.354 e. The number of nitrogens with zero attached hydrogens (tertiary/aromatic N) is 2. The van der Waals surface area contributed by atoms with Crippen LogP contribution in [0.5, 0.6) is 0 Å². The van der Waals surface area contributed by atoms with Gasteiger partial charge in [-0.15, -0.1) is 0 Å². The summed E-state index contributed by atoms with van der Waals surface area (Å²) >= 11 is 0. The van der Waals surface area contributed by atoms with Crippen LogP contribution in [0.1, 0.15) is 18.5 Å². The van der Waals surface area contributed by atoms with Crippen LogP contribution in [0.3, 0.4) is 0 Å². The molecule has 0 aromatic carbocycles. The van der Waals surface area contributed by atoms with Gasteiger partial charge in [-0.25, -0.2) is 4.98 Å². The fourth-order valence-electron chi connectivity index (χ4n) is 1.51. The average Bonchev–Trinajstić information content (AvgIpc) is 2.99. The lowest BCUT2D eigenvalue weighted by Crippen LogP contribution is -2.28. The molecule has 0 radical (unpaired) electrons. The van der Waals surface area contributed by atoms with Crippen molar-refractivity contribution in [3.8, 4) is 0 Å². The number of carbonyl (C=O) groups is 1. The van der Waals surface area contributed by atoms with E-state index >= 15 is 0 Å². The van der Waals surface area contributed by atoms with Crippen LogP contribution in [0.15, 0.2) is 12.5 Å². The zero-order valence-electron chi connectivity index (χ0n) is 8.65. The molecule has 1 heterocycles. The van der Waals surface area contributed by atoms with Crippen LogP contribution in [-0.4, -0.2) is 22.0 Å². The first-order valence-electron chi connectivity index (χ1n) is 5.28. The maximum absolute atomic E-state index is 11.3. The Morgan fingerprint density at radius 3 is 3.13 bits per heavy atom. The highest BCUT2D eigenvalue weighted by Gasteiger charge is 2.28. The number of rotatable bonds is 5. The molecule has 0 atom stereocenters. The molecule has 2 rings (SSSR count). The van der Waals surface area contributed by atoms with Gasteiger partial charge in [-0.05, 0) is 12.8 Å². The Morgan fingerprint density at radius 2 is 2.47 bits per heavy atom. The van der Waals surface area contributed by atoms with Crippen LogP contribution in [0, 0.1) is 5.92 Å². The summed E-state index contributed by atoms with van der Waals surface area (Å²) in [5.74, 6) is 0.464. The van der Waals surface area contributed by atoms with Crippen LogP contribution < -0.4 is 11.1 Å². The molecule has 0 bridgehead atoms. The molecule has 5 heteroatoms. The van der Waals surface area contributed by atoms with Crippen LogP contribution in [0.4, 0.5) is 0 Å². The smallest absolute Gasteiger partial charge is 0.223 e. The van der Waals surface area contributed by atoms with Gasteiger partial charge in [0.2, 0.25) is 5.91 Å². The molecule has 0 spiro atoms. The van der Waals surface area contributed by atoms with E-state index < -0.39 is 0 Å². The van der Waals surface area contributed by atoms with E-state index in [0.717, 1.165) is 25.1 Å². The third-order valence-electron chi connectivity index (χ3n) is 2.61. The molecule has 82 valence electrons. The van der Waals surface area contributed by atoms with Crippen molar-refractivity contribution >= 4 is 5.91 Å². The van der Waals surface area contributed by atoms with E-state index in [1.54, 1.807) is 12.5 Å². The highest BCUT2D eigenvalue weighted by atomic mass is 16.2. The highest BCUT2D eigenvalue weighted by molar-refractivity contribution is 5.80. The normalized spacial score (nSPS) is 15.3. The van der Waals surface area contributed by atoms with E-state index in [2.05, 4.69) is 10.3 Å². The second kappa shape index (κ2) is 4.44. The number of nitrogens with one attached hydrogen (secondary N) is 1. The van der Waals surface area contributed by atoms with Gasteiger partial charge in [0, 0.05) is 31.7 Å². The van der Waals surface area contributed by atoms with Crippen molar-refractivity contribution in [3.63, 3.8) is 0 Å². The Hall–Kier alpha value is -1.36. The van der Waals surface area contributed by atoms with Crippen LogP contribution in [0.2, 0.25) is 0 Å². The predicted octanol–water partition coefficient (Wildman–Crippen LogP) is -0.132. The summed E-state index contributed by atoms with van der Waals surface area (Å²) in [5, 5.41) is 2.91. The van der Waals surface area contributed by atoms with E-state index in [0.29, 0.717) is 13.1 Å². The molecular weight excluding hydrogens is 192 g/mol. The Labute approximate surface area is 88.7 Å². The number of hydrogen-bond acceptors (Lipinski definition) is 3. The molecule has 5 nitrogen and oxygen atoms in total. The second-order valence-corrected chi connectivity index (χ2v) is 3.85. The van der Waals surface area contributed by atoms with Crippen LogP contribution in [-0.2, 0) is 17.9 Å². The SMILES string of the molecule is NCc1cncn1CCNC(=O)C1CC1. The molecule has 1 fully saturated rings. The fourth-order valence-corrected chi connectivity index (χ4v) is 1.51. The molecule has 15 heavy (non-hydrogen) atoms. The molecule has 1 aliphatic carbocycles. The lowest BCUT2D eigenvalue weighted by atomic mass is 10.4. The Bertz CT molecular complexity index is 343. The van der Waals surface area contributed by atoms with E-state index in [1.165, 1.54) is 0 Å². The Kier molecular flexibility index (Phi) is 3.01. The number of nitrogens with two attached hydrogens (primary N) is 1. The molecule has 1 aliphatic rings. The maximum atomic E-state index is 11.3. The van der Waals surface area contributed by atoms with Crippen molar-refractivity contribution in [1.82, 2.24) is 14.9 Å². The van der Waals surface area contributed by atoms with Crippen LogP contribution in [0.25, 0.3) is 0 Å².